The summed E-state index contributed by atoms with van der Waals surface area (Å²) in [5.41, 5.74) is 0. The number of amides is 1. The van der Waals surface area contributed by atoms with E-state index in [1.807, 2.05) is 13.8 Å². The lowest BCUT2D eigenvalue weighted by molar-refractivity contribution is -0.121. The van der Waals surface area contributed by atoms with Gasteiger partial charge < -0.3 is 15.4 Å². The highest BCUT2D eigenvalue weighted by Crippen LogP contribution is 2.28. The van der Waals surface area contributed by atoms with Gasteiger partial charge in [0.1, 0.15) is 5.25 Å². The van der Waals surface area contributed by atoms with Crippen LogP contribution < -0.4 is 10.6 Å². The molecule has 0 aliphatic heterocycles. The highest BCUT2D eigenvalue weighted by atomic mass is 32.2. The van der Waals surface area contributed by atoms with Gasteiger partial charge in [-0.25, -0.2) is 8.42 Å². The minimum atomic E-state index is -3.43. The Balaban J connectivity index is 2.57. The lowest BCUT2D eigenvalue weighted by atomic mass is 10.0. The van der Waals surface area contributed by atoms with Crippen LogP contribution in [0.1, 0.15) is 46.0 Å². The number of hydrogen-bond acceptors (Lipinski definition) is 5. The first kappa shape index (κ1) is 20.4. The number of carbonyl (C=O) groups excluding carboxylic acids is 1. The van der Waals surface area contributed by atoms with Gasteiger partial charge in [-0.05, 0) is 18.8 Å². The van der Waals surface area contributed by atoms with Crippen molar-refractivity contribution in [2.75, 3.05) is 33.4 Å². The predicted molar refractivity (Wildman–Crippen MR) is 92.2 cm³/mol. The average molecular weight is 349 g/mol. The molecule has 0 spiro atoms. The zero-order valence-electron chi connectivity index (χ0n) is 14.6. The Labute approximate surface area is 140 Å². The molecule has 1 saturated carbocycles. The summed E-state index contributed by atoms with van der Waals surface area (Å²) in [5.74, 6) is -0.581. The minimum absolute atomic E-state index is 0.219. The monoisotopic (exact) mass is 348 g/mol. The van der Waals surface area contributed by atoms with Crippen LogP contribution in [0.2, 0.25) is 0 Å². The quantitative estimate of drug-likeness (QED) is 0.578. The molecule has 1 aliphatic carbocycles. The lowest BCUT2D eigenvalue weighted by Crippen LogP contribution is -2.48. The third kappa shape index (κ3) is 6.39. The summed E-state index contributed by atoms with van der Waals surface area (Å²) in [4.78, 5) is 12.4. The fourth-order valence-electron chi connectivity index (χ4n) is 3.11. The van der Waals surface area contributed by atoms with Crippen molar-refractivity contribution in [2.24, 2.45) is 5.92 Å². The van der Waals surface area contributed by atoms with Crippen LogP contribution in [0.5, 0.6) is 0 Å². The highest BCUT2D eigenvalue weighted by molar-refractivity contribution is 7.93. The first-order chi connectivity index (χ1) is 10.9. The number of rotatable bonds is 10. The van der Waals surface area contributed by atoms with Gasteiger partial charge in [-0.2, -0.15) is 0 Å². The first-order valence-corrected chi connectivity index (χ1v) is 10.2. The Kier molecular flexibility index (Phi) is 9.09. The van der Waals surface area contributed by atoms with Gasteiger partial charge in [0, 0.05) is 26.7 Å². The van der Waals surface area contributed by atoms with Crippen molar-refractivity contribution in [2.45, 2.75) is 56.5 Å². The van der Waals surface area contributed by atoms with Crippen molar-refractivity contribution >= 4 is 15.7 Å². The van der Waals surface area contributed by atoms with E-state index in [2.05, 4.69) is 10.6 Å². The Hall–Kier alpha value is -0.660. The topological polar surface area (TPSA) is 84.5 Å². The lowest BCUT2D eigenvalue weighted by Gasteiger charge is -2.28. The molecule has 0 bridgehead atoms. The van der Waals surface area contributed by atoms with Crippen molar-refractivity contribution < 1.29 is 17.9 Å². The van der Waals surface area contributed by atoms with Gasteiger partial charge in [0.2, 0.25) is 5.91 Å². The number of nitrogens with one attached hydrogen (secondary N) is 2. The Bertz CT molecular complexity index is 445. The molecular formula is C16H32N2O4S. The fourth-order valence-corrected chi connectivity index (χ4v) is 5.65. The summed E-state index contributed by atoms with van der Waals surface area (Å²) in [6, 6.07) is 0. The molecule has 1 rings (SSSR count). The molecule has 0 aromatic rings. The summed E-state index contributed by atoms with van der Waals surface area (Å²) >= 11 is 0. The predicted octanol–water partition coefficient (Wildman–Crippen LogP) is 1.11. The average Bonchev–Trinajstić information content (AvgIpc) is 2.51. The van der Waals surface area contributed by atoms with Crippen LogP contribution in [0.4, 0.5) is 0 Å². The molecule has 0 aromatic carbocycles. The normalized spacial score (nSPS) is 18.1. The molecule has 7 heteroatoms. The van der Waals surface area contributed by atoms with E-state index in [1.54, 1.807) is 7.11 Å². The molecule has 1 unspecified atom stereocenters. The second-order valence-electron chi connectivity index (χ2n) is 6.55. The van der Waals surface area contributed by atoms with Gasteiger partial charge in [0.15, 0.2) is 9.84 Å². The van der Waals surface area contributed by atoms with Gasteiger partial charge in [-0.3, -0.25) is 4.79 Å². The van der Waals surface area contributed by atoms with E-state index in [-0.39, 0.29) is 17.1 Å². The fraction of sp³-hybridized carbons (Fsp3) is 0.938. The van der Waals surface area contributed by atoms with Gasteiger partial charge in [0.25, 0.3) is 0 Å². The smallest absolute Gasteiger partial charge is 0.238 e. The third-order valence-corrected chi connectivity index (χ3v) is 7.19. The van der Waals surface area contributed by atoms with Crippen LogP contribution in [0.25, 0.3) is 0 Å². The molecule has 0 heterocycles. The molecule has 0 saturated heterocycles. The third-order valence-electron chi connectivity index (χ3n) is 4.32. The van der Waals surface area contributed by atoms with E-state index in [9.17, 15) is 13.2 Å². The summed E-state index contributed by atoms with van der Waals surface area (Å²) in [6.45, 7) is 5.96. The number of methoxy groups -OCH3 is 1. The number of ether oxygens (including phenoxy) is 1. The van der Waals surface area contributed by atoms with Crippen molar-refractivity contribution in [3.63, 3.8) is 0 Å². The maximum Gasteiger partial charge on any atom is 0.238 e. The van der Waals surface area contributed by atoms with E-state index in [1.165, 1.54) is 0 Å². The Morgan fingerprint density at radius 2 is 1.78 bits per heavy atom. The summed E-state index contributed by atoms with van der Waals surface area (Å²) in [5, 5.41) is 4.59. The van der Waals surface area contributed by atoms with Crippen LogP contribution in [-0.2, 0) is 19.4 Å². The first-order valence-electron chi connectivity index (χ1n) is 8.61. The zero-order chi connectivity index (χ0) is 17.3. The molecule has 1 fully saturated rings. The van der Waals surface area contributed by atoms with Gasteiger partial charge in [-0.15, -0.1) is 0 Å². The molecule has 1 aliphatic rings. The molecule has 0 aromatic heterocycles. The Morgan fingerprint density at radius 3 is 2.35 bits per heavy atom. The van der Waals surface area contributed by atoms with E-state index >= 15 is 0 Å². The number of carbonyl (C=O) groups is 1. The van der Waals surface area contributed by atoms with Crippen LogP contribution in [-0.4, -0.2) is 58.2 Å². The highest BCUT2D eigenvalue weighted by Gasteiger charge is 2.40. The standard InChI is InChI=1S/C16H32N2O4S/c1-13(2)15(16(19)18-10-9-17-11-12-22-3)23(20,21)14-7-5-4-6-8-14/h13-15,17H,4-12H2,1-3H3,(H,18,19). The van der Waals surface area contributed by atoms with Crippen LogP contribution >= 0.6 is 0 Å². The van der Waals surface area contributed by atoms with E-state index in [0.717, 1.165) is 19.3 Å². The summed E-state index contributed by atoms with van der Waals surface area (Å²) in [7, 11) is -1.79. The van der Waals surface area contributed by atoms with E-state index in [0.29, 0.717) is 39.1 Å². The van der Waals surface area contributed by atoms with Crippen LogP contribution in [0, 0.1) is 5.92 Å². The van der Waals surface area contributed by atoms with E-state index in [4.69, 9.17) is 4.74 Å². The number of hydrogen-bond donors (Lipinski definition) is 2. The SMILES string of the molecule is COCCNCCNC(=O)C(C(C)C)S(=O)(=O)C1CCCCC1. The van der Waals surface area contributed by atoms with Crippen molar-refractivity contribution in [1.82, 2.24) is 10.6 Å². The molecule has 136 valence electrons. The molecule has 1 amide bonds. The van der Waals surface area contributed by atoms with Crippen molar-refractivity contribution in [3.8, 4) is 0 Å². The molecule has 2 N–H and O–H groups in total. The summed E-state index contributed by atoms with van der Waals surface area (Å²) in [6.07, 6.45) is 4.37. The van der Waals surface area contributed by atoms with E-state index < -0.39 is 15.1 Å². The zero-order valence-corrected chi connectivity index (χ0v) is 15.5. The van der Waals surface area contributed by atoms with Crippen LogP contribution in [0.15, 0.2) is 0 Å². The van der Waals surface area contributed by atoms with Gasteiger partial charge in [-0.1, -0.05) is 33.1 Å². The molecule has 0 radical (unpaired) electrons. The molecule has 23 heavy (non-hydrogen) atoms. The maximum absolute atomic E-state index is 12.8. The van der Waals surface area contributed by atoms with Crippen molar-refractivity contribution in [1.29, 1.82) is 0 Å². The van der Waals surface area contributed by atoms with Gasteiger partial charge >= 0.3 is 0 Å². The molecular weight excluding hydrogens is 316 g/mol. The summed E-state index contributed by atoms with van der Waals surface area (Å²) < 4.78 is 30.6. The van der Waals surface area contributed by atoms with Gasteiger partial charge in [0.05, 0.1) is 11.9 Å². The van der Waals surface area contributed by atoms with Crippen LogP contribution in [0.3, 0.4) is 0 Å². The minimum Gasteiger partial charge on any atom is -0.383 e. The second-order valence-corrected chi connectivity index (χ2v) is 8.90. The number of sulfone groups is 1. The largest absolute Gasteiger partial charge is 0.383 e. The molecule has 1 atom stereocenters. The van der Waals surface area contributed by atoms with Crippen molar-refractivity contribution in [3.05, 3.63) is 0 Å². The maximum atomic E-state index is 12.8. The molecule has 6 nitrogen and oxygen atoms in total. The second kappa shape index (κ2) is 10.3. The Morgan fingerprint density at radius 1 is 1.13 bits per heavy atom.